The van der Waals surface area contributed by atoms with Gasteiger partial charge < -0.3 is 10.6 Å². The highest BCUT2D eigenvalue weighted by atomic mass is 16.7. The van der Waals surface area contributed by atoms with E-state index >= 15 is 0 Å². The van der Waals surface area contributed by atoms with Crippen LogP contribution < -0.4 is 11.2 Å². The van der Waals surface area contributed by atoms with Crippen molar-refractivity contribution in [3.05, 3.63) is 0 Å². The number of rotatable bonds is 5. The van der Waals surface area contributed by atoms with Crippen LogP contribution in [0.15, 0.2) is 0 Å². The standard InChI is InChI=1S/C8H12N4O5/c1-11-3-7(15)12(8(11)16)2-6(14)10-17-4-5(9)13/h2-4H2,1H3,(H2,9,13)(H,10,14). The Morgan fingerprint density at radius 2 is 2.12 bits per heavy atom. The largest absolute Gasteiger partial charge is 0.368 e. The van der Waals surface area contributed by atoms with Crippen molar-refractivity contribution in [3.63, 3.8) is 0 Å². The fourth-order valence-electron chi connectivity index (χ4n) is 1.19. The zero-order chi connectivity index (χ0) is 13.0. The molecule has 3 N–H and O–H groups in total. The fourth-order valence-corrected chi connectivity index (χ4v) is 1.19. The molecule has 17 heavy (non-hydrogen) atoms. The lowest BCUT2D eigenvalue weighted by Gasteiger charge is -2.13. The molecule has 0 bridgehead atoms. The van der Waals surface area contributed by atoms with Crippen LogP contribution in [-0.2, 0) is 19.2 Å². The van der Waals surface area contributed by atoms with Crippen LogP contribution >= 0.6 is 0 Å². The third-order valence-electron chi connectivity index (χ3n) is 1.93. The summed E-state index contributed by atoms with van der Waals surface area (Å²) in [6.07, 6.45) is 0. The van der Waals surface area contributed by atoms with Gasteiger partial charge in [-0.15, -0.1) is 0 Å². The van der Waals surface area contributed by atoms with E-state index < -0.39 is 36.9 Å². The Hall–Kier alpha value is -2.16. The van der Waals surface area contributed by atoms with Crippen LogP contribution in [-0.4, -0.2) is 60.3 Å². The minimum Gasteiger partial charge on any atom is -0.368 e. The summed E-state index contributed by atoms with van der Waals surface area (Å²) in [5, 5.41) is 0. The third-order valence-corrected chi connectivity index (χ3v) is 1.93. The van der Waals surface area contributed by atoms with E-state index in [1.807, 2.05) is 5.48 Å². The van der Waals surface area contributed by atoms with Crippen molar-refractivity contribution in [2.24, 2.45) is 5.73 Å². The zero-order valence-electron chi connectivity index (χ0n) is 9.13. The highest BCUT2D eigenvalue weighted by Gasteiger charge is 2.34. The van der Waals surface area contributed by atoms with Gasteiger partial charge in [0.1, 0.15) is 13.1 Å². The number of carbonyl (C=O) groups is 4. The Balaban J connectivity index is 2.38. The maximum absolute atomic E-state index is 11.4. The molecule has 1 rings (SSSR count). The minimum atomic E-state index is -0.752. The molecule has 9 heteroatoms. The van der Waals surface area contributed by atoms with Crippen LogP contribution in [0.3, 0.4) is 0 Å². The Bertz CT molecular complexity index is 369. The number of amides is 5. The van der Waals surface area contributed by atoms with E-state index in [1.165, 1.54) is 11.9 Å². The molecule has 0 radical (unpaired) electrons. The van der Waals surface area contributed by atoms with Crippen molar-refractivity contribution >= 4 is 23.8 Å². The molecule has 0 aliphatic carbocycles. The topological polar surface area (TPSA) is 122 Å². The van der Waals surface area contributed by atoms with Gasteiger partial charge in [-0.2, -0.15) is 0 Å². The molecule has 94 valence electrons. The molecular formula is C8H12N4O5. The van der Waals surface area contributed by atoms with E-state index in [4.69, 9.17) is 5.73 Å². The molecule has 0 spiro atoms. The predicted molar refractivity (Wildman–Crippen MR) is 53.0 cm³/mol. The number of hydrogen-bond acceptors (Lipinski definition) is 5. The molecule has 0 aromatic heterocycles. The van der Waals surface area contributed by atoms with Crippen LogP contribution in [0.25, 0.3) is 0 Å². The molecule has 1 saturated heterocycles. The first-order valence-electron chi connectivity index (χ1n) is 4.66. The van der Waals surface area contributed by atoms with Gasteiger partial charge in [-0.3, -0.25) is 24.1 Å². The molecule has 0 aromatic rings. The molecule has 0 aromatic carbocycles. The number of hydrogen-bond donors (Lipinski definition) is 2. The van der Waals surface area contributed by atoms with Crippen LogP contribution in [0.1, 0.15) is 0 Å². The Morgan fingerprint density at radius 1 is 1.47 bits per heavy atom. The highest BCUT2D eigenvalue weighted by Crippen LogP contribution is 2.06. The molecule has 1 aliphatic rings. The fraction of sp³-hybridized carbons (Fsp3) is 0.500. The monoisotopic (exact) mass is 244 g/mol. The molecule has 0 unspecified atom stereocenters. The average molecular weight is 244 g/mol. The number of hydroxylamine groups is 1. The molecule has 0 saturated carbocycles. The maximum Gasteiger partial charge on any atom is 0.327 e. The highest BCUT2D eigenvalue weighted by molar-refractivity contribution is 6.04. The van der Waals surface area contributed by atoms with E-state index in [-0.39, 0.29) is 6.54 Å². The second-order valence-corrected chi connectivity index (χ2v) is 3.40. The molecule has 1 fully saturated rings. The Labute approximate surface area is 96.4 Å². The van der Waals surface area contributed by atoms with Crippen LogP contribution in [0.5, 0.6) is 0 Å². The zero-order valence-corrected chi connectivity index (χ0v) is 9.13. The summed E-state index contributed by atoms with van der Waals surface area (Å²) in [6.45, 7) is -0.997. The van der Waals surface area contributed by atoms with E-state index in [0.717, 1.165) is 4.90 Å². The lowest BCUT2D eigenvalue weighted by atomic mass is 10.5. The summed E-state index contributed by atoms with van der Waals surface area (Å²) in [5.41, 5.74) is 6.66. The second kappa shape index (κ2) is 5.25. The van der Waals surface area contributed by atoms with E-state index in [2.05, 4.69) is 4.84 Å². The normalized spacial score (nSPS) is 15.4. The van der Waals surface area contributed by atoms with Crippen LogP contribution in [0.2, 0.25) is 0 Å². The summed E-state index contributed by atoms with van der Waals surface area (Å²) < 4.78 is 0. The van der Waals surface area contributed by atoms with Crippen LogP contribution in [0.4, 0.5) is 4.79 Å². The summed E-state index contributed by atoms with van der Waals surface area (Å²) in [5.74, 6) is -1.94. The van der Waals surface area contributed by atoms with Gasteiger partial charge in [0.15, 0.2) is 6.61 Å². The van der Waals surface area contributed by atoms with Crippen molar-refractivity contribution in [2.45, 2.75) is 0 Å². The third kappa shape index (κ3) is 3.41. The molecule has 5 amide bonds. The Morgan fingerprint density at radius 3 is 2.59 bits per heavy atom. The molecule has 1 aliphatic heterocycles. The van der Waals surface area contributed by atoms with Gasteiger partial charge in [0.05, 0.1) is 0 Å². The van der Waals surface area contributed by atoms with E-state index in [0.29, 0.717) is 0 Å². The first kappa shape index (κ1) is 12.9. The van der Waals surface area contributed by atoms with Gasteiger partial charge in [-0.05, 0) is 0 Å². The first-order chi connectivity index (χ1) is 7.91. The van der Waals surface area contributed by atoms with Gasteiger partial charge in [0, 0.05) is 7.05 Å². The van der Waals surface area contributed by atoms with Crippen molar-refractivity contribution in [2.75, 3.05) is 26.7 Å². The molecule has 9 nitrogen and oxygen atoms in total. The number of imide groups is 1. The average Bonchev–Trinajstić information content (AvgIpc) is 2.44. The second-order valence-electron chi connectivity index (χ2n) is 3.40. The Kier molecular flexibility index (Phi) is 3.99. The lowest BCUT2D eigenvalue weighted by Crippen LogP contribution is -2.41. The van der Waals surface area contributed by atoms with Gasteiger partial charge in [0.2, 0.25) is 5.91 Å². The number of urea groups is 1. The van der Waals surface area contributed by atoms with Gasteiger partial charge in [0.25, 0.3) is 11.8 Å². The quantitative estimate of drug-likeness (QED) is 0.406. The number of carbonyl (C=O) groups excluding carboxylic acids is 4. The molecular weight excluding hydrogens is 232 g/mol. The maximum atomic E-state index is 11.4. The van der Waals surface area contributed by atoms with Crippen molar-refractivity contribution in [1.29, 1.82) is 0 Å². The predicted octanol–water partition coefficient (Wildman–Crippen LogP) is -2.59. The van der Waals surface area contributed by atoms with Gasteiger partial charge in [-0.25, -0.2) is 10.3 Å². The summed E-state index contributed by atoms with van der Waals surface area (Å²) in [7, 11) is 1.45. The number of primary amides is 1. The van der Waals surface area contributed by atoms with E-state index in [9.17, 15) is 19.2 Å². The van der Waals surface area contributed by atoms with Gasteiger partial charge >= 0.3 is 6.03 Å². The van der Waals surface area contributed by atoms with Crippen molar-refractivity contribution in [3.8, 4) is 0 Å². The number of nitrogens with two attached hydrogens (primary N) is 1. The van der Waals surface area contributed by atoms with Crippen molar-refractivity contribution < 1.29 is 24.0 Å². The smallest absolute Gasteiger partial charge is 0.327 e. The first-order valence-corrected chi connectivity index (χ1v) is 4.66. The minimum absolute atomic E-state index is 0.0613. The summed E-state index contributed by atoms with van der Waals surface area (Å²) >= 11 is 0. The number of nitrogens with zero attached hydrogens (tertiary/aromatic N) is 2. The van der Waals surface area contributed by atoms with Gasteiger partial charge in [-0.1, -0.05) is 0 Å². The molecule has 1 heterocycles. The van der Waals surface area contributed by atoms with Crippen LogP contribution in [0, 0.1) is 0 Å². The lowest BCUT2D eigenvalue weighted by molar-refractivity contribution is -0.141. The summed E-state index contributed by atoms with van der Waals surface area (Å²) in [6, 6.07) is -0.556. The van der Waals surface area contributed by atoms with E-state index in [1.54, 1.807) is 0 Å². The summed E-state index contributed by atoms with van der Waals surface area (Å²) in [4.78, 5) is 50.6. The van der Waals surface area contributed by atoms with Crippen molar-refractivity contribution in [1.82, 2.24) is 15.3 Å². The molecule has 0 atom stereocenters. The number of likely N-dealkylation sites (N-methyl/N-ethyl adjacent to an activating group) is 1. The SMILES string of the molecule is CN1CC(=O)N(CC(=O)NOCC(N)=O)C1=O. The number of nitrogens with one attached hydrogen (secondary N) is 1.